The van der Waals surface area contributed by atoms with Crippen LogP contribution in [0.4, 0.5) is 4.39 Å². The Bertz CT molecular complexity index is 592. The number of hydrogen-bond acceptors (Lipinski definition) is 3. The molecule has 0 saturated carbocycles. The van der Waals surface area contributed by atoms with Crippen LogP contribution in [0.5, 0.6) is 0 Å². The van der Waals surface area contributed by atoms with Gasteiger partial charge in [0.15, 0.2) is 6.17 Å². The van der Waals surface area contributed by atoms with Gasteiger partial charge in [0.25, 0.3) is 0 Å². The fourth-order valence-electron chi connectivity index (χ4n) is 2.22. The van der Waals surface area contributed by atoms with Crippen LogP contribution in [0.25, 0.3) is 6.08 Å². The van der Waals surface area contributed by atoms with Crippen molar-refractivity contribution in [2.24, 2.45) is 0 Å². The van der Waals surface area contributed by atoms with E-state index in [0.29, 0.717) is 15.6 Å². The summed E-state index contributed by atoms with van der Waals surface area (Å²) in [4.78, 5) is 10.5. The second kappa shape index (κ2) is 9.99. The van der Waals surface area contributed by atoms with Gasteiger partial charge in [-0.15, -0.1) is 0 Å². The molecule has 0 unspecified atom stereocenters. The van der Waals surface area contributed by atoms with Gasteiger partial charge in [-0.05, 0) is 36.1 Å². The van der Waals surface area contributed by atoms with Crippen molar-refractivity contribution < 1.29 is 24.5 Å². The average Bonchev–Trinajstić information content (AvgIpc) is 2.49. The second-order valence-electron chi connectivity index (χ2n) is 5.52. The first-order chi connectivity index (χ1) is 11.3. The monoisotopic (exact) mass is 378 g/mol. The van der Waals surface area contributed by atoms with Crippen molar-refractivity contribution in [3.8, 4) is 0 Å². The molecule has 0 aromatic heterocycles. The van der Waals surface area contributed by atoms with Crippen molar-refractivity contribution in [3.05, 3.63) is 39.4 Å². The van der Waals surface area contributed by atoms with Crippen molar-refractivity contribution in [2.75, 3.05) is 0 Å². The molecule has 0 radical (unpaired) electrons. The Labute approximate surface area is 150 Å². The highest BCUT2D eigenvalue weighted by Crippen LogP contribution is 2.28. The number of carboxylic acids is 1. The Hall–Kier alpha value is -1.14. The van der Waals surface area contributed by atoms with Gasteiger partial charge in [0.05, 0.1) is 12.5 Å². The molecule has 1 aromatic rings. The van der Waals surface area contributed by atoms with Crippen LogP contribution in [0.15, 0.2) is 18.2 Å². The van der Waals surface area contributed by atoms with E-state index in [-0.39, 0.29) is 0 Å². The Morgan fingerprint density at radius 2 is 2.00 bits per heavy atom. The lowest BCUT2D eigenvalue weighted by molar-refractivity contribution is -0.140. The molecule has 0 saturated heterocycles. The first-order valence-corrected chi connectivity index (χ1v) is 8.40. The smallest absolute Gasteiger partial charge is 0.306 e. The van der Waals surface area contributed by atoms with Crippen LogP contribution in [0, 0.1) is 0 Å². The molecule has 0 spiro atoms. The molecule has 0 heterocycles. The maximum atomic E-state index is 13.9. The van der Waals surface area contributed by atoms with E-state index < -0.39 is 30.8 Å². The second-order valence-corrected chi connectivity index (χ2v) is 6.37. The van der Waals surface area contributed by atoms with E-state index in [1.54, 1.807) is 12.1 Å². The van der Waals surface area contributed by atoms with E-state index in [1.165, 1.54) is 6.08 Å². The van der Waals surface area contributed by atoms with Crippen LogP contribution in [-0.2, 0) is 11.2 Å². The molecule has 0 bridgehead atoms. The summed E-state index contributed by atoms with van der Waals surface area (Å²) in [6, 6.07) is 3.32. The Morgan fingerprint density at radius 3 is 2.58 bits per heavy atom. The highest BCUT2D eigenvalue weighted by molar-refractivity contribution is 6.35. The minimum Gasteiger partial charge on any atom is -0.481 e. The quantitative estimate of drug-likeness (QED) is 0.609. The largest absolute Gasteiger partial charge is 0.481 e. The zero-order valence-corrected chi connectivity index (χ0v) is 14.8. The summed E-state index contributed by atoms with van der Waals surface area (Å²) in [7, 11) is 0. The molecule has 3 N–H and O–H groups in total. The van der Waals surface area contributed by atoms with Gasteiger partial charge in [-0.2, -0.15) is 0 Å². The number of hydrogen-bond donors (Lipinski definition) is 3. The summed E-state index contributed by atoms with van der Waals surface area (Å²) in [6.45, 7) is 2.04. The first-order valence-electron chi connectivity index (χ1n) is 7.64. The molecule has 4 nitrogen and oxygen atoms in total. The van der Waals surface area contributed by atoms with Gasteiger partial charge in [-0.25, -0.2) is 4.39 Å². The van der Waals surface area contributed by atoms with Crippen molar-refractivity contribution >= 4 is 35.2 Å². The summed E-state index contributed by atoms with van der Waals surface area (Å²) < 4.78 is 13.9. The SMILES string of the molecule is CCCCc1cc(Cl)cc(Cl)c1/C=C/[C@@H](O)[C@H](F)[C@@H](O)CC(=O)O. The average molecular weight is 379 g/mol. The minimum atomic E-state index is -2.11. The van der Waals surface area contributed by atoms with Gasteiger partial charge in [-0.3, -0.25) is 4.79 Å². The van der Waals surface area contributed by atoms with Crippen LogP contribution >= 0.6 is 23.2 Å². The number of unbranched alkanes of at least 4 members (excludes halogenated alkanes) is 1. The highest BCUT2D eigenvalue weighted by atomic mass is 35.5. The molecule has 0 amide bonds. The summed E-state index contributed by atoms with van der Waals surface area (Å²) in [5.41, 5.74) is 1.49. The Morgan fingerprint density at radius 1 is 1.33 bits per heavy atom. The van der Waals surface area contributed by atoms with E-state index in [9.17, 15) is 19.4 Å². The van der Waals surface area contributed by atoms with E-state index >= 15 is 0 Å². The normalized spacial score (nSPS) is 15.4. The highest BCUT2D eigenvalue weighted by Gasteiger charge is 2.27. The molecular formula is C17H21Cl2FO4. The minimum absolute atomic E-state index is 0.374. The predicted octanol–water partition coefficient (Wildman–Crippen LogP) is 3.88. The van der Waals surface area contributed by atoms with Crippen molar-refractivity contribution in [2.45, 2.75) is 51.0 Å². The van der Waals surface area contributed by atoms with Gasteiger partial charge >= 0.3 is 5.97 Å². The number of halogens is 3. The lowest BCUT2D eigenvalue weighted by atomic mass is 10.00. The molecule has 0 aliphatic carbocycles. The maximum Gasteiger partial charge on any atom is 0.306 e. The van der Waals surface area contributed by atoms with Crippen molar-refractivity contribution in [1.29, 1.82) is 0 Å². The number of carbonyl (C=O) groups is 1. The number of aryl methyl sites for hydroxylation is 1. The molecule has 3 atom stereocenters. The molecule has 1 aromatic carbocycles. The molecule has 1 rings (SSSR count). The van der Waals surface area contributed by atoms with E-state index in [1.807, 2.05) is 6.92 Å². The zero-order valence-electron chi connectivity index (χ0n) is 13.3. The third-order valence-electron chi connectivity index (χ3n) is 3.52. The van der Waals surface area contributed by atoms with Crippen LogP contribution in [-0.4, -0.2) is 39.7 Å². The van der Waals surface area contributed by atoms with Gasteiger partial charge in [0.1, 0.15) is 6.10 Å². The number of benzene rings is 1. The van der Waals surface area contributed by atoms with Gasteiger partial charge in [0, 0.05) is 10.0 Å². The number of aliphatic hydroxyl groups excluding tert-OH is 2. The van der Waals surface area contributed by atoms with E-state index in [2.05, 4.69) is 0 Å². The summed E-state index contributed by atoms with van der Waals surface area (Å²) in [5, 5.41) is 28.6. The summed E-state index contributed by atoms with van der Waals surface area (Å²) >= 11 is 12.2. The third kappa shape index (κ3) is 6.40. The Balaban J connectivity index is 2.94. The molecule has 7 heteroatoms. The standard InChI is InChI=1S/C17H21Cl2FO4/c1-2-3-4-10-7-11(18)8-13(19)12(10)5-6-14(21)17(20)15(22)9-16(23)24/h5-8,14-15,17,21-22H,2-4,9H2,1H3,(H,23,24)/b6-5+/t14-,15+,17+/m1/s1. The molecule has 0 aliphatic heterocycles. The summed E-state index contributed by atoms with van der Waals surface area (Å²) in [6.07, 6.45) is -1.08. The molecule has 0 fully saturated rings. The first kappa shape index (κ1) is 20.9. The van der Waals surface area contributed by atoms with E-state index in [4.69, 9.17) is 28.3 Å². The zero-order chi connectivity index (χ0) is 18.3. The number of aliphatic hydroxyl groups is 2. The van der Waals surface area contributed by atoms with Crippen LogP contribution in [0.1, 0.15) is 37.3 Å². The van der Waals surface area contributed by atoms with Crippen LogP contribution < -0.4 is 0 Å². The number of rotatable bonds is 9. The molecular weight excluding hydrogens is 358 g/mol. The van der Waals surface area contributed by atoms with Crippen LogP contribution in [0.3, 0.4) is 0 Å². The van der Waals surface area contributed by atoms with Crippen LogP contribution in [0.2, 0.25) is 10.0 Å². The van der Waals surface area contributed by atoms with Gasteiger partial charge in [0.2, 0.25) is 0 Å². The predicted molar refractivity (Wildman–Crippen MR) is 93.3 cm³/mol. The van der Waals surface area contributed by atoms with Gasteiger partial charge < -0.3 is 15.3 Å². The third-order valence-corrected chi connectivity index (χ3v) is 4.05. The topological polar surface area (TPSA) is 77.8 Å². The number of carboxylic acid groups (broad SMARTS) is 1. The van der Waals surface area contributed by atoms with Gasteiger partial charge in [-0.1, -0.05) is 48.7 Å². The Kier molecular flexibility index (Phi) is 8.70. The van der Waals surface area contributed by atoms with Crippen molar-refractivity contribution in [1.82, 2.24) is 0 Å². The maximum absolute atomic E-state index is 13.9. The molecule has 0 aliphatic rings. The number of aliphatic carboxylic acids is 1. The lowest BCUT2D eigenvalue weighted by Crippen LogP contribution is -2.34. The van der Waals surface area contributed by atoms with E-state index in [0.717, 1.165) is 30.9 Å². The fraction of sp³-hybridized carbons (Fsp3) is 0.471. The molecule has 134 valence electrons. The lowest BCUT2D eigenvalue weighted by Gasteiger charge is -2.17. The number of alkyl halides is 1. The summed E-state index contributed by atoms with van der Waals surface area (Å²) in [5.74, 6) is -1.34. The fourth-order valence-corrected chi connectivity index (χ4v) is 2.82. The van der Waals surface area contributed by atoms with Crippen molar-refractivity contribution in [3.63, 3.8) is 0 Å². The molecule has 24 heavy (non-hydrogen) atoms.